The van der Waals surface area contributed by atoms with Gasteiger partial charge in [-0.3, -0.25) is 19.3 Å². The maximum absolute atomic E-state index is 12.1. The van der Waals surface area contributed by atoms with Crippen LogP contribution in [0, 0.1) is 13.8 Å². The normalized spacial score (nSPS) is 15.5. The zero-order valence-corrected chi connectivity index (χ0v) is 12.1. The van der Waals surface area contributed by atoms with Gasteiger partial charge in [-0.25, -0.2) is 0 Å². The fraction of sp³-hybridized carbons (Fsp3) is 0.400. The Morgan fingerprint density at radius 3 is 2.38 bits per heavy atom. The van der Waals surface area contributed by atoms with E-state index in [2.05, 4.69) is 0 Å². The van der Waals surface area contributed by atoms with Crippen LogP contribution in [0.1, 0.15) is 17.5 Å². The van der Waals surface area contributed by atoms with Crippen molar-refractivity contribution in [2.24, 2.45) is 0 Å². The highest BCUT2D eigenvalue weighted by Gasteiger charge is 2.31. The number of nitrogens with zero attached hydrogens (tertiary/aromatic N) is 2. The van der Waals surface area contributed by atoms with Crippen LogP contribution in [0.15, 0.2) is 18.2 Å². The average molecular weight is 290 g/mol. The number of hydrogen-bond donors (Lipinski definition) is 1. The molecule has 1 saturated heterocycles. The molecule has 0 unspecified atom stereocenters. The molecule has 21 heavy (non-hydrogen) atoms. The number of amides is 2. The van der Waals surface area contributed by atoms with Gasteiger partial charge in [-0.15, -0.1) is 0 Å². The minimum Gasteiger partial charge on any atom is -0.481 e. The van der Waals surface area contributed by atoms with Crippen LogP contribution in [0.3, 0.4) is 0 Å². The van der Waals surface area contributed by atoms with Crippen molar-refractivity contribution >= 4 is 23.5 Å². The van der Waals surface area contributed by atoms with E-state index < -0.39 is 5.97 Å². The van der Waals surface area contributed by atoms with Crippen LogP contribution in [-0.2, 0) is 14.4 Å². The fourth-order valence-electron chi connectivity index (χ4n) is 2.40. The maximum atomic E-state index is 12.1. The second-order valence-electron chi connectivity index (χ2n) is 5.16. The summed E-state index contributed by atoms with van der Waals surface area (Å²) in [4.78, 5) is 37.5. The first-order valence-corrected chi connectivity index (χ1v) is 6.76. The quantitative estimate of drug-likeness (QED) is 0.835. The molecule has 6 nitrogen and oxygen atoms in total. The minimum atomic E-state index is -1.02. The van der Waals surface area contributed by atoms with Gasteiger partial charge in [0.1, 0.15) is 0 Å². The van der Waals surface area contributed by atoms with Crippen molar-refractivity contribution < 1.29 is 19.5 Å². The second kappa shape index (κ2) is 5.95. The molecule has 1 aromatic rings. The van der Waals surface area contributed by atoms with Gasteiger partial charge in [0.05, 0.1) is 19.5 Å². The third-order valence-electron chi connectivity index (χ3n) is 3.72. The third kappa shape index (κ3) is 3.21. The van der Waals surface area contributed by atoms with Gasteiger partial charge in [0.2, 0.25) is 11.8 Å². The number of carboxylic acid groups (broad SMARTS) is 1. The van der Waals surface area contributed by atoms with Crippen LogP contribution in [-0.4, -0.2) is 47.4 Å². The number of carbonyl (C=O) groups is 3. The van der Waals surface area contributed by atoms with Crippen molar-refractivity contribution in [3.05, 3.63) is 29.3 Å². The van der Waals surface area contributed by atoms with Gasteiger partial charge in [-0.1, -0.05) is 12.1 Å². The molecule has 1 fully saturated rings. The molecule has 1 aliphatic rings. The highest BCUT2D eigenvalue weighted by Crippen LogP contribution is 2.24. The molecule has 1 aliphatic heterocycles. The number of aryl methyl sites for hydroxylation is 1. The number of aliphatic carboxylic acids is 1. The molecule has 2 amide bonds. The molecule has 0 saturated carbocycles. The fourth-order valence-corrected chi connectivity index (χ4v) is 2.40. The Morgan fingerprint density at radius 2 is 1.81 bits per heavy atom. The van der Waals surface area contributed by atoms with Gasteiger partial charge in [0, 0.05) is 12.2 Å². The number of carbonyl (C=O) groups excluding carboxylic acids is 2. The summed E-state index contributed by atoms with van der Waals surface area (Å²) in [7, 11) is 0. The molecule has 1 aromatic carbocycles. The van der Waals surface area contributed by atoms with Crippen molar-refractivity contribution in [3.63, 3.8) is 0 Å². The van der Waals surface area contributed by atoms with Crippen LogP contribution in [0.2, 0.25) is 0 Å². The molecule has 0 bridgehead atoms. The Kier molecular flexibility index (Phi) is 4.26. The first-order valence-electron chi connectivity index (χ1n) is 6.76. The second-order valence-corrected chi connectivity index (χ2v) is 5.16. The van der Waals surface area contributed by atoms with Crippen molar-refractivity contribution in [1.82, 2.24) is 4.90 Å². The van der Waals surface area contributed by atoms with Crippen molar-refractivity contribution in [1.29, 1.82) is 0 Å². The number of piperazine rings is 1. The number of imide groups is 1. The van der Waals surface area contributed by atoms with Crippen LogP contribution in [0.5, 0.6) is 0 Å². The van der Waals surface area contributed by atoms with Crippen molar-refractivity contribution in [2.45, 2.75) is 20.3 Å². The molecule has 0 aromatic heterocycles. The van der Waals surface area contributed by atoms with Crippen LogP contribution < -0.4 is 4.90 Å². The molecule has 112 valence electrons. The molecular weight excluding hydrogens is 272 g/mol. The number of anilines is 1. The van der Waals surface area contributed by atoms with Crippen LogP contribution in [0.25, 0.3) is 0 Å². The summed E-state index contributed by atoms with van der Waals surface area (Å²) in [5.74, 6) is -1.73. The van der Waals surface area contributed by atoms with E-state index in [9.17, 15) is 14.4 Å². The van der Waals surface area contributed by atoms with E-state index in [1.165, 1.54) is 0 Å². The van der Waals surface area contributed by atoms with E-state index in [1.807, 2.05) is 32.0 Å². The summed E-state index contributed by atoms with van der Waals surface area (Å²) in [6.07, 6.45) is -0.221. The van der Waals surface area contributed by atoms with E-state index >= 15 is 0 Å². The number of hydrogen-bond acceptors (Lipinski definition) is 4. The Bertz CT molecular complexity index is 579. The number of rotatable bonds is 4. The predicted molar refractivity (Wildman–Crippen MR) is 77.1 cm³/mol. The van der Waals surface area contributed by atoms with Crippen LogP contribution in [0.4, 0.5) is 5.69 Å². The molecule has 2 rings (SSSR count). The number of benzene rings is 1. The molecule has 0 spiro atoms. The summed E-state index contributed by atoms with van der Waals surface area (Å²) in [5.41, 5.74) is 3.01. The van der Waals surface area contributed by atoms with Crippen LogP contribution >= 0.6 is 0 Å². The van der Waals surface area contributed by atoms with Gasteiger partial charge in [0.15, 0.2) is 0 Å². The molecule has 1 heterocycles. The maximum Gasteiger partial charge on any atom is 0.305 e. The first-order chi connectivity index (χ1) is 9.90. The highest BCUT2D eigenvalue weighted by atomic mass is 16.4. The van der Waals surface area contributed by atoms with Gasteiger partial charge < -0.3 is 10.0 Å². The Morgan fingerprint density at radius 1 is 1.19 bits per heavy atom. The zero-order valence-electron chi connectivity index (χ0n) is 12.1. The molecule has 6 heteroatoms. The number of carboxylic acids is 1. The lowest BCUT2D eigenvalue weighted by Gasteiger charge is -2.34. The monoisotopic (exact) mass is 290 g/mol. The van der Waals surface area contributed by atoms with Gasteiger partial charge >= 0.3 is 5.97 Å². The molecule has 0 radical (unpaired) electrons. The third-order valence-corrected chi connectivity index (χ3v) is 3.72. The summed E-state index contributed by atoms with van der Waals surface area (Å²) < 4.78 is 0. The van der Waals surface area contributed by atoms with Gasteiger partial charge in [-0.05, 0) is 31.0 Å². The van der Waals surface area contributed by atoms with Gasteiger partial charge in [0.25, 0.3) is 0 Å². The first kappa shape index (κ1) is 15.0. The SMILES string of the molecule is Cc1cccc(N2CC(=O)N(CCC(=O)O)C(=O)C2)c1C. The molecule has 0 atom stereocenters. The summed E-state index contributed by atoms with van der Waals surface area (Å²) in [5, 5.41) is 8.65. The average Bonchev–Trinajstić information content (AvgIpc) is 2.40. The Balaban J connectivity index is 2.14. The lowest BCUT2D eigenvalue weighted by Crippen LogP contribution is -2.54. The van der Waals surface area contributed by atoms with Crippen molar-refractivity contribution in [3.8, 4) is 0 Å². The minimum absolute atomic E-state index is 0.0619. The van der Waals surface area contributed by atoms with Crippen molar-refractivity contribution in [2.75, 3.05) is 24.5 Å². The van der Waals surface area contributed by atoms with E-state index in [0.29, 0.717) is 0 Å². The predicted octanol–water partition coefficient (Wildman–Crippen LogP) is 0.953. The largest absolute Gasteiger partial charge is 0.481 e. The summed E-state index contributed by atoms with van der Waals surface area (Å²) in [6.45, 7) is 4.06. The van der Waals surface area contributed by atoms with E-state index in [-0.39, 0.29) is 37.9 Å². The van der Waals surface area contributed by atoms with E-state index in [1.54, 1.807) is 4.90 Å². The standard InChI is InChI=1S/C15H18N2O4/c1-10-4-3-5-12(11(10)2)16-8-13(18)17(14(19)9-16)7-6-15(20)21/h3-5H,6-9H2,1-2H3,(H,20,21). The Hall–Kier alpha value is -2.37. The molecule has 0 aliphatic carbocycles. The van der Waals surface area contributed by atoms with E-state index in [0.717, 1.165) is 21.7 Å². The zero-order chi connectivity index (χ0) is 15.6. The molecular formula is C15H18N2O4. The lowest BCUT2D eigenvalue weighted by atomic mass is 10.1. The topological polar surface area (TPSA) is 77.9 Å². The lowest BCUT2D eigenvalue weighted by molar-refractivity contribution is -0.146. The highest BCUT2D eigenvalue weighted by molar-refractivity contribution is 6.03. The molecule has 1 N–H and O–H groups in total. The van der Waals surface area contributed by atoms with E-state index in [4.69, 9.17) is 5.11 Å². The van der Waals surface area contributed by atoms with Gasteiger partial charge in [-0.2, -0.15) is 0 Å². The summed E-state index contributed by atoms with van der Waals surface area (Å²) in [6, 6.07) is 5.75. The summed E-state index contributed by atoms with van der Waals surface area (Å²) >= 11 is 0. The smallest absolute Gasteiger partial charge is 0.305 e. The Labute approximate surface area is 123 Å².